The van der Waals surface area contributed by atoms with Gasteiger partial charge in [0.05, 0.1) is 18.2 Å². The predicted octanol–water partition coefficient (Wildman–Crippen LogP) is 3.31. The zero-order chi connectivity index (χ0) is 12.4. The lowest BCUT2D eigenvalue weighted by Crippen LogP contribution is -1.90. The number of aromatic nitrogens is 2. The van der Waals surface area contributed by atoms with Crippen LogP contribution in [0.4, 0.5) is 0 Å². The fraction of sp³-hybridized carbons (Fsp3) is 0.0667. The Bertz CT molecular complexity index is 675. The van der Waals surface area contributed by atoms with Crippen LogP contribution in [0.3, 0.4) is 0 Å². The SMILES string of the molecule is COc1cccc2ccnc(-c3cccnc3)c12. The molecule has 0 spiro atoms. The summed E-state index contributed by atoms with van der Waals surface area (Å²) in [7, 11) is 1.68. The molecule has 0 bridgehead atoms. The Balaban J connectivity index is 2.36. The van der Waals surface area contributed by atoms with E-state index in [0.717, 1.165) is 27.8 Å². The quantitative estimate of drug-likeness (QED) is 0.684. The fourth-order valence-corrected chi connectivity index (χ4v) is 2.09. The summed E-state index contributed by atoms with van der Waals surface area (Å²) in [6.45, 7) is 0. The normalized spacial score (nSPS) is 10.5. The minimum atomic E-state index is 0.833. The van der Waals surface area contributed by atoms with Gasteiger partial charge in [-0.05, 0) is 29.7 Å². The molecular formula is C15H12N2O. The van der Waals surface area contributed by atoms with E-state index in [1.807, 2.05) is 42.7 Å². The number of nitrogens with zero attached hydrogens (tertiary/aromatic N) is 2. The molecule has 0 unspecified atom stereocenters. The lowest BCUT2D eigenvalue weighted by molar-refractivity contribution is 0.420. The van der Waals surface area contributed by atoms with E-state index in [2.05, 4.69) is 16.0 Å². The van der Waals surface area contributed by atoms with E-state index >= 15 is 0 Å². The van der Waals surface area contributed by atoms with Crippen LogP contribution in [0.1, 0.15) is 0 Å². The van der Waals surface area contributed by atoms with Crippen molar-refractivity contribution in [2.45, 2.75) is 0 Å². The Morgan fingerprint density at radius 1 is 1.00 bits per heavy atom. The summed E-state index contributed by atoms with van der Waals surface area (Å²) in [5.74, 6) is 0.833. The van der Waals surface area contributed by atoms with Crippen molar-refractivity contribution < 1.29 is 4.74 Å². The molecule has 3 rings (SSSR count). The van der Waals surface area contributed by atoms with Gasteiger partial charge in [0, 0.05) is 24.2 Å². The highest BCUT2D eigenvalue weighted by molar-refractivity contribution is 5.98. The summed E-state index contributed by atoms with van der Waals surface area (Å²) in [4.78, 5) is 8.61. The maximum absolute atomic E-state index is 5.43. The number of benzene rings is 1. The summed E-state index contributed by atoms with van der Waals surface area (Å²) >= 11 is 0. The summed E-state index contributed by atoms with van der Waals surface area (Å²) in [5.41, 5.74) is 1.89. The van der Waals surface area contributed by atoms with Gasteiger partial charge >= 0.3 is 0 Å². The zero-order valence-corrected chi connectivity index (χ0v) is 10.00. The maximum Gasteiger partial charge on any atom is 0.128 e. The van der Waals surface area contributed by atoms with Crippen LogP contribution in [0.5, 0.6) is 5.75 Å². The Morgan fingerprint density at radius 3 is 2.72 bits per heavy atom. The Hall–Kier alpha value is -2.42. The largest absolute Gasteiger partial charge is 0.496 e. The predicted molar refractivity (Wildman–Crippen MR) is 71.5 cm³/mol. The smallest absolute Gasteiger partial charge is 0.128 e. The van der Waals surface area contributed by atoms with E-state index in [-0.39, 0.29) is 0 Å². The Kier molecular flexibility index (Phi) is 2.65. The van der Waals surface area contributed by atoms with Crippen molar-refractivity contribution in [3.63, 3.8) is 0 Å². The van der Waals surface area contributed by atoms with Crippen LogP contribution < -0.4 is 4.74 Å². The molecule has 0 saturated carbocycles. The van der Waals surface area contributed by atoms with Gasteiger partial charge in [0.15, 0.2) is 0 Å². The number of methoxy groups -OCH3 is 1. The van der Waals surface area contributed by atoms with Crippen LogP contribution >= 0.6 is 0 Å². The van der Waals surface area contributed by atoms with Crippen molar-refractivity contribution in [1.29, 1.82) is 0 Å². The van der Waals surface area contributed by atoms with Crippen molar-refractivity contribution in [2.24, 2.45) is 0 Å². The van der Waals surface area contributed by atoms with E-state index < -0.39 is 0 Å². The lowest BCUT2D eigenvalue weighted by atomic mass is 10.0. The van der Waals surface area contributed by atoms with Crippen LogP contribution in [-0.2, 0) is 0 Å². The van der Waals surface area contributed by atoms with Gasteiger partial charge in [-0.2, -0.15) is 0 Å². The van der Waals surface area contributed by atoms with E-state index in [1.54, 1.807) is 13.3 Å². The summed E-state index contributed by atoms with van der Waals surface area (Å²) < 4.78 is 5.43. The molecule has 0 amide bonds. The van der Waals surface area contributed by atoms with Gasteiger partial charge in [0.25, 0.3) is 0 Å². The van der Waals surface area contributed by atoms with E-state index in [1.165, 1.54) is 0 Å². The summed E-state index contributed by atoms with van der Waals surface area (Å²) in [6, 6.07) is 11.9. The molecule has 3 aromatic rings. The molecular weight excluding hydrogens is 224 g/mol. The van der Waals surface area contributed by atoms with Crippen LogP contribution in [0.25, 0.3) is 22.0 Å². The van der Waals surface area contributed by atoms with E-state index in [9.17, 15) is 0 Å². The number of rotatable bonds is 2. The van der Waals surface area contributed by atoms with Crippen LogP contribution in [0.2, 0.25) is 0 Å². The molecule has 0 saturated heterocycles. The molecule has 0 aliphatic carbocycles. The summed E-state index contributed by atoms with van der Waals surface area (Å²) in [5, 5.41) is 2.14. The molecule has 0 N–H and O–H groups in total. The third kappa shape index (κ3) is 1.70. The van der Waals surface area contributed by atoms with Crippen molar-refractivity contribution >= 4 is 10.8 Å². The highest BCUT2D eigenvalue weighted by atomic mass is 16.5. The molecule has 2 heterocycles. The van der Waals surface area contributed by atoms with Crippen molar-refractivity contribution in [1.82, 2.24) is 9.97 Å². The van der Waals surface area contributed by atoms with Crippen molar-refractivity contribution in [3.8, 4) is 17.0 Å². The standard InChI is InChI=1S/C15H12N2O/c1-18-13-6-2-4-11-7-9-17-15(14(11)13)12-5-3-8-16-10-12/h2-10H,1H3. The van der Waals surface area contributed by atoms with Crippen LogP contribution in [0, 0.1) is 0 Å². The molecule has 0 fully saturated rings. The molecule has 0 aliphatic heterocycles. The maximum atomic E-state index is 5.43. The minimum Gasteiger partial charge on any atom is -0.496 e. The van der Waals surface area contributed by atoms with Gasteiger partial charge in [-0.3, -0.25) is 9.97 Å². The van der Waals surface area contributed by atoms with Crippen molar-refractivity contribution in [2.75, 3.05) is 7.11 Å². The second kappa shape index (κ2) is 4.45. The first-order valence-electron chi connectivity index (χ1n) is 5.72. The molecule has 0 aliphatic rings. The van der Waals surface area contributed by atoms with Gasteiger partial charge in [0.2, 0.25) is 0 Å². The molecule has 0 radical (unpaired) electrons. The average molecular weight is 236 g/mol. The first kappa shape index (κ1) is 10.7. The third-order valence-corrected chi connectivity index (χ3v) is 2.91. The molecule has 3 heteroatoms. The van der Waals surface area contributed by atoms with E-state index in [4.69, 9.17) is 4.74 Å². The molecule has 2 aromatic heterocycles. The molecule has 3 nitrogen and oxygen atoms in total. The number of ether oxygens (including phenoxy) is 1. The monoisotopic (exact) mass is 236 g/mol. The number of hydrogen-bond donors (Lipinski definition) is 0. The number of fused-ring (bicyclic) bond motifs is 1. The minimum absolute atomic E-state index is 0.833. The van der Waals surface area contributed by atoms with Crippen LogP contribution in [-0.4, -0.2) is 17.1 Å². The van der Waals surface area contributed by atoms with Gasteiger partial charge in [-0.25, -0.2) is 0 Å². The number of hydrogen-bond acceptors (Lipinski definition) is 3. The van der Waals surface area contributed by atoms with E-state index in [0.29, 0.717) is 0 Å². The average Bonchev–Trinajstić information content (AvgIpc) is 2.47. The Labute approximate surface area is 105 Å². The Morgan fingerprint density at radius 2 is 1.94 bits per heavy atom. The zero-order valence-electron chi connectivity index (χ0n) is 10.00. The molecule has 18 heavy (non-hydrogen) atoms. The first-order valence-corrected chi connectivity index (χ1v) is 5.72. The fourth-order valence-electron chi connectivity index (χ4n) is 2.09. The van der Waals surface area contributed by atoms with Gasteiger partial charge in [0.1, 0.15) is 5.75 Å². The molecule has 0 atom stereocenters. The second-order valence-corrected chi connectivity index (χ2v) is 3.96. The van der Waals surface area contributed by atoms with Gasteiger partial charge in [-0.1, -0.05) is 12.1 Å². The molecule has 88 valence electrons. The first-order chi connectivity index (χ1) is 8.90. The summed E-state index contributed by atoms with van der Waals surface area (Å²) in [6.07, 6.45) is 5.38. The third-order valence-electron chi connectivity index (χ3n) is 2.91. The lowest BCUT2D eigenvalue weighted by Gasteiger charge is -2.09. The highest BCUT2D eigenvalue weighted by Crippen LogP contribution is 2.32. The second-order valence-electron chi connectivity index (χ2n) is 3.96. The van der Waals surface area contributed by atoms with Gasteiger partial charge < -0.3 is 4.74 Å². The highest BCUT2D eigenvalue weighted by Gasteiger charge is 2.09. The molecule has 1 aromatic carbocycles. The van der Waals surface area contributed by atoms with Crippen molar-refractivity contribution in [3.05, 3.63) is 55.0 Å². The number of pyridine rings is 2. The van der Waals surface area contributed by atoms with Gasteiger partial charge in [-0.15, -0.1) is 0 Å². The topological polar surface area (TPSA) is 35.0 Å². The van der Waals surface area contributed by atoms with Crippen LogP contribution in [0.15, 0.2) is 55.0 Å².